The molecule has 6 heteroatoms. The number of methoxy groups -OCH3 is 2. The molecule has 0 bridgehead atoms. The van der Waals surface area contributed by atoms with Gasteiger partial charge in [0.05, 0.1) is 14.2 Å². The highest BCUT2D eigenvalue weighted by molar-refractivity contribution is 6.29. The molecular weight excluding hydrogens is 318 g/mol. The molecule has 5 nitrogen and oxygen atoms in total. The molecule has 0 saturated carbocycles. The molecule has 0 saturated heterocycles. The van der Waals surface area contributed by atoms with Gasteiger partial charge >= 0.3 is 5.97 Å². The molecule has 2 aromatic rings. The van der Waals surface area contributed by atoms with Gasteiger partial charge in [0, 0.05) is 23.4 Å². The van der Waals surface area contributed by atoms with Gasteiger partial charge in [0.25, 0.3) is 0 Å². The lowest BCUT2D eigenvalue weighted by Crippen LogP contribution is -2.01. The van der Waals surface area contributed by atoms with E-state index in [4.69, 9.17) is 25.8 Å². The summed E-state index contributed by atoms with van der Waals surface area (Å²) in [6.07, 6.45) is 4.51. The van der Waals surface area contributed by atoms with Crippen molar-refractivity contribution in [2.45, 2.75) is 6.61 Å². The van der Waals surface area contributed by atoms with Crippen molar-refractivity contribution >= 4 is 23.6 Å². The number of hydrogen-bond donors (Lipinski definition) is 0. The van der Waals surface area contributed by atoms with Gasteiger partial charge in [0.15, 0.2) is 11.5 Å². The number of ether oxygens (including phenoxy) is 3. The summed E-state index contributed by atoms with van der Waals surface area (Å²) in [6, 6.07) is 8.79. The normalized spacial score (nSPS) is 10.6. The van der Waals surface area contributed by atoms with Crippen LogP contribution < -0.4 is 9.47 Å². The summed E-state index contributed by atoms with van der Waals surface area (Å²) in [6.45, 7) is 0.128. The molecule has 23 heavy (non-hydrogen) atoms. The Morgan fingerprint density at radius 1 is 1.22 bits per heavy atom. The number of carbonyl (C=O) groups is 1. The zero-order chi connectivity index (χ0) is 16.7. The van der Waals surface area contributed by atoms with Crippen molar-refractivity contribution in [1.29, 1.82) is 0 Å². The van der Waals surface area contributed by atoms with E-state index in [1.54, 1.807) is 44.7 Å². The van der Waals surface area contributed by atoms with E-state index >= 15 is 0 Å². The third-order valence-electron chi connectivity index (χ3n) is 3.00. The molecule has 0 atom stereocenters. The smallest absolute Gasteiger partial charge is 0.331 e. The maximum absolute atomic E-state index is 11.8. The number of rotatable bonds is 6. The molecule has 0 aliphatic heterocycles. The molecule has 1 aromatic heterocycles. The molecular formula is C17H16ClNO4. The van der Waals surface area contributed by atoms with Gasteiger partial charge < -0.3 is 14.2 Å². The second-order valence-electron chi connectivity index (χ2n) is 4.51. The number of para-hydroxylation sites is 1. The van der Waals surface area contributed by atoms with Gasteiger partial charge in [-0.3, -0.25) is 0 Å². The highest BCUT2D eigenvalue weighted by Gasteiger charge is 2.07. The number of esters is 1. The van der Waals surface area contributed by atoms with Crippen LogP contribution in [-0.4, -0.2) is 25.2 Å². The quantitative estimate of drug-likeness (QED) is 0.460. The van der Waals surface area contributed by atoms with E-state index in [1.165, 1.54) is 6.08 Å². The summed E-state index contributed by atoms with van der Waals surface area (Å²) in [5.74, 6) is 0.682. The first-order valence-corrected chi connectivity index (χ1v) is 7.18. The number of nitrogens with zero attached hydrogens (tertiary/aromatic N) is 1. The van der Waals surface area contributed by atoms with Crippen molar-refractivity contribution in [1.82, 2.24) is 4.98 Å². The van der Waals surface area contributed by atoms with Crippen molar-refractivity contribution in [2.75, 3.05) is 14.2 Å². The number of carbonyl (C=O) groups excluding carboxylic acids is 1. The second-order valence-corrected chi connectivity index (χ2v) is 4.90. The van der Waals surface area contributed by atoms with Gasteiger partial charge in [0.2, 0.25) is 0 Å². The Hall–Kier alpha value is -2.53. The van der Waals surface area contributed by atoms with Gasteiger partial charge in [-0.25, -0.2) is 9.78 Å². The summed E-state index contributed by atoms with van der Waals surface area (Å²) in [7, 11) is 3.10. The standard InChI is InChI=1S/C17H16ClNO4/c1-21-14-5-3-4-13(17(14)22-2)7-9-16(20)23-11-12-6-8-15(18)19-10-12/h3-10H,11H2,1-2H3/b9-7+. The second kappa shape index (κ2) is 8.19. The molecule has 0 aliphatic carbocycles. The molecule has 0 N–H and O–H groups in total. The van der Waals surface area contributed by atoms with Crippen LogP contribution in [0.1, 0.15) is 11.1 Å². The van der Waals surface area contributed by atoms with Gasteiger partial charge in [-0.05, 0) is 18.2 Å². The molecule has 1 heterocycles. The van der Waals surface area contributed by atoms with Crippen LogP contribution in [0.3, 0.4) is 0 Å². The Balaban J connectivity index is 1.99. The zero-order valence-corrected chi connectivity index (χ0v) is 13.5. The Morgan fingerprint density at radius 2 is 2.04 bits per heavy atom. The van der Waals surface area contributed by atoms with Gasteiger partial charge in [0.1, 0.15) is 11.8 Å². The van der Waals surface area contributed by atoms with Crippen LogP contribution in [-0.2, 0) is 16.1 Å². The molecule has 0 spiro atoms. The molecule has 0 aliphatic rings. The predicted molar refractivity (Wildman–Crippen MR) is 87.6 cm³/mol. The van der Waals surface area contributed by atoms with Gasteiger partial charge in [-0.2, -0.15) is 0 Å². The van der Waals surface area contributed by atoms with E-state index in [-0.39, 0.29) is 6.61 Å². The maximum atomic E-state index is 11.8. The van der Waals surface area contributed by atoms with Crippen LogP contribution in [0.25, 0.3) is 6.08 Å². The monoisotopic (exact) mass is 333 g/mol. The summed E-state index contributed by atoms with van der Waals surface area (Å²) in [5, 5.41) is 0.394. The first kappa shape index (κ1) is 16.8. The number of halogens is 1. The lowest BCUT2D eigenvalue weighted by molar-refractivity contribution is -0.138. The predicted octanol–water partition coefficient (Wildman–Crippen LogP) is 3.51. The Bertz CT molecular complexity index is 698. The highest BCUT2D eigenvalue weighted by Crippen LogP contribution is 2.31. The SMILES string of the molecule is COc1cccc(/C=C/C(=O)OCc2ccc(Cl)nc2)c1OC. The van der Waals surface area contributed by atoms with E-state index in [0.29, 0.717) is 16.7 Å². The summed E-state index contributed by atoms with van der Waals surface area (Å²) in [5.41, 5.74) is 1.48. The highest BCUT2D eigenvalue weighted by atomic mass is 35.5. The average molecular weight is 334 g/mol. The summed E-state index contributed by atoms with van der Waals surface area (Å²) >= 11 is 5.69. The molecule has 120 valence electrons. The van der Waals surface area contributed by atoms with Crippen LogP contribution in [0.2, 0.25) is 5.15 Å². The van der Waals surface area contributed by atoms with Crippen molar-refractivity contribution < 1.29 is 19.0 Å². The molecule has 0 fully saturated rings. The molecule has 2 rings (SSSR count). The van der Waals surface area contributed by atoms with E-state index in [0.717, 1.165) is 11.1 Å². The lowest BCUT2D eigenvalue weighted by atomic mass is 10.1. The fourth-order valence-electron chi connectivity index (χ4n) is 1.90. The summed E-state index contributed by atoms with van der Waals surface area (Å²) < 4.78 is 15.6. The van der Waals surface area contributed by atoms with Crippen LogP contribution in [0, 0.1) is 0 Å². The topological polar surface area (TPSA) is 57.7 Å². The Labute approximate surface area is 139 Å². The number of pyridine rings is 1. The number of hydrogen-bond acceptors (Lipinski definition) is 5. The molecule has 0 amide bonds. The molecule has 1 aromatic carbocycles. The minimum absolute atomic E-state index is 0.128. The van der Waals surface area contributed by atoms with E-state index in [2.05, 4.69) is 4.98 Å². The van der Waals surface area contributed by atoms with E-state index in [9.17, 15) is 4.79 Å². The minimum Gasteiger partial charge on any atom is -0.493 e. The van der Waals surface area contributed by atoms with Crippen LogP contribution in [0.5, 0.6) is 11.5 Å². The number of aromatic nitrogens is 1. The Kier molecular flexibility index (Phi) is 6.00. The van der Waals surface area contributed by atoms with Crippen molar-refractivity contribution in [3.63, 3.8) is 0 Å². The zero-order valence-electron chi connectivity index (χ0n) is 12.8. The average Bonchev–Trinajstić information content (AvgIpc) is 2.58. The maximum Gasteiger partial charge on any atom is 0.331 e. The van der Waals surface area contributed by atoms with Crippen molar-refractivity contribution in [3.05, 3.63) is 58.9 Å². The molecule has 0 unspecified atom stereocenters. The fraction of sp³-hybridized carbons (Fsp3) is 0.176. The third-order valence-corrected chi connectivity index (χ3v) is 3.23. The molecule has 0 radical (unpaired) electrons. The largest absolute Gasteiger partial charge is 0.493 e. The van der Waals surface area contributed by atoms with E-state index < -0.39 is 5.97 Å². The van der Waals surface area contributed by atoms with Crippen LogP contribution in [0.4, 0.5) is 0 Å². The fourth-order valence-corrected chi connectivity index (χ4v) is 2.01. The first-order valence-electron chi connectivity index (χ1n) is 6.80. The van der Waals surface area contributed by atoms with Gasteiger partial charge in [-0.1, -0.05) is 29.8 Å². The van der Waals surface area contributed by atoms with Gasteiger partial charge in [-0.15, -0.1) is 0 Å². The van der Waals surface area contributed by atoms with Crippen LogP contribution in [0.15, 0.2) is 42.6 Å². The van der Waals surface area contributed by atoms with Crippen molar-refractivity contribution in [2.24, 2.45) is 0 Å². The summed E-state index contributed by atoms with van der Waals surface area (Å²) in [4.78, 5) is 15.7. The first-order chi connectivity index (χ1) is 11.1. The van der Waals surface area contributed by atoms with Crippen molar-refractivity contribution in [3.8, 4) is 11.5 Å². The third kappa shape index (κ3) is 4.72. The lowest BCUT2D eigenvalue weighted by Gasteiger charge is -2.09. The Morgan fingerprint density at radius 3 is 2.70 bits per heavy atom. The van der Waals surface area contributed by atoms with E-state index in [1.807, 2.05) is 12.1 Å². The minimum atomic E-state index is -0.468. The van der Waals surface area contributed by atoms with Crippen LogP contribution >= 0.6 is 11.6 Å². The number of benzene rings is 1.